The third-order valence-electron chi connectivity index (χ3n) is 1.83. The topological polar surface area (TPSA) is 100 Å². The Morgan fingerprint density at radius 2 is 2.12 bits per heavy atom. The fourth-order valence-corrected chi connectivity index (χ4v) is 1.22. The van der Waals surface area contributed by atoms with Gasteiger partial charge in [-0.15, -0.1) is 5.10 Å². The predicted molar refractivity (Wildman–Crippen MR) is 61.2 cm³/mol. The number of pyridine rings is 1. The maximum atomic E-state index is 10.5. The van der Waals surface area contributed by atoms with Crippen molar-refractivity contribution in [2.75, 3.05) is 10.6 Å². The van der Waals surface area contributed by atoms with Gasteiger partial charge in [0.1, 0.15) is 0 Å². The fraction of sp³-hybridized carbons (Fsp3) is 0. The van der Waals surface area contributed by atoms with Gasteiger partial charge in [0.25, 0.3) is 0 Å². The van der Waals surface area contributed by atoms with E-state index >= 15 is 0 Å². The van der Waals surface area contributed by atoms with Crippen molar-refractivity contribution in [2.24, 2.45) is 0 Å². The normalized spacial score (nSPS) is 9.65. The Kier molecular flexibility index (Phi) is 3.10. The van der Waals surface area contributed by atoms with Crippen molar-refractivity contribution in [3.05, 3.63) is 36.8 Å². The number of nitrogens with zero attached hydrogens (tertiary/aromatic N) is 3. The zero-order valence-corrected chi connectivity index (χ0v) is 8.66. The molecule has 3 N–H and O–H groups in total. The Hall–Kier alpha value is -2.70. The molecule has 2 aromatic heterocycles. The average molecular weight is 231 g/mol. The van der Waals surface area contributed by atoms with Crippen molar-refractivity contribution in [3.8, 4) is 0 Å². The zero-order chi connectivity index (χ0) is 12.1. The zero-order valence-electron chi connectivity index (χ0n) is 8.66. The lowest BCUT2D eigenvalue weighted by molar-refractivity contribution is 0.209. The molecule has 0 saturated heterocycles. The Morgan fingerprint density at radius 1 is 1.29 bits per heavy atom. The van der Waals surface area contributed by atoms with Crippen LogP contribution in [0.15, 0.2) is 36.8 Å². The molecule has 0 saturated carbocycles. The second kappa shape index (κ2) is 4.88. The van der Waals surface area contributed by atoms with Gasteiger partial charge in [-0.1, -0.05) is 0 Å². The van der Waals surface area contributed by atoms with E-state index in [9.17, 15) is 4.79 Å². The first-order valence-corrected chi connectivity index (χ1v) is 4.74. The van der Waals surface area contributed by atoms with E-state index in [-0.39, 0.29) is 0 Å². The second-order valence-corrected chi connectivity index (χ2v) is 3.13. The molecule has 2 aromatic rings. The van der Waals surface area contributed by atoms with E-state index in [0.717, 1.165) is 0 Å². The van der Waals surface area contributed by atoms with Gasteiger partial charge < -0.3 is 10.4 Å². The highest BCUT2D eigenvalue weighted by atomic mass is 16.4. The van der Waals surface area contributed by atoms with Crippen LogP contribution in [0.2, 0.25) is 0 Å². The molecule has 0 aliphatic rings. The van der Waals surface area contributed by atoms with E-state index in [2.05, 4.69) is 25.8 Å². The Balaban J connectivity index is 2.14. The van der Waals surface area contributed by atoms with Gasteiger partial charge in [-0.2, -0.15) is 5.10 Å². The molecule has 0 aliphatic heterocycles. The molecular formula is C10H9N5O2. The van der Waals surface area contributed by atoms with Crippen LogP contribution < -0.4 is 10.6 Å². The van der Waals surface area contributed by atoms with Crippen LogP contribution in [-0.2, 0) is 0 Å². The molecule has 2 heterocycles. The van der Waals surface area contributed by atoms with Gasteiger partial charge in [0.05, 0.1) is 23.8 Å². The van der Waals surface area contributed by atoms with Crippen molar-refractivity contribution in [3.63, 3.8) is 0 Å². The number of anilines is 3. The summed E-state index contributed by atoms with van der Waals surface area (Å²) in [7, 11) is 0. The SMILES string of the molecule is O=C(O)Nc1cncc(Nc2cccnn2)c1. The largest absolute Gasteiger partial charge is 0.465 e. The van der Waals surface area contributed by atoms with Crippen LogP contribution in [-0.4, -0.2) is 26.4 Å². The summed E-state index contributed by atoms with van der Waals surface area (Å²) in [6, 6.07) is 5.09. The van der Waals surface area contributed by atoms with E-state index in [4.69, 9.17) is 5.11 Å². The lowest BCUT2D eigenvalue weighted by atomic mass is 10.3. The standard InChI is InChI=1S/C10H9N5O2/c16-10(17)14-8-4-7(5-11-6-8)13-9-2-1-3-12-15-9/h1-6,14H,(H,13,15)(H,16,17). The first-order valence-electron chi connectivity index (χ1n) is 4.74. The number of aromatic nitrogens is 3. The summed E-state index contributed by atoms with van der Waals surface area (Å²) >= 11 is 0. The highest BCUT2D eigenvalue weighted by Crippen LogP contribution is 2.16. The number of amides is 1. The molecule has 7 heteroatoms. The molecule has 0 radical (unpaired) electrons. The fourth-order valence-electron chi connectivity index (χ4n) is 1.22. The first kappa shape index (κ1) is 10.8. The Morgan fingerprint density at radius 3 is 2.82 bits per heavy atom. The van der Waals surface area contributed by atoms with E-state index < -0.39 is 6.09 Å². The third kappa shape index (κ3) is 3.13. The molecular weight excluding hydrogens is 222 g/mol. The van der Waals surface area contributed by atoms with Gasteiger partial charge in [-0.25, -0.2) is 4.79 Å². The third-order valence-corrected chi connectivity index (χ3v) is 1.83. The molecule has 0 bridgehead atoms. The molecule has 0 unspecified atom stereocenters. The number of rotatable bonds is 3. The second-order valence-electron chi connectivity index (χ2n) is 3.13. The minimum Gasteiger partial charge on any atom is -0.465 e. The number of carboxylic acid groups (broad SMARTS) is 1. The molecule has 1 amide bonds. The maximum Gasteiger partial charge on any atom is 0.409 e. The lowest BCUT2D eigenvalue weighted by Crippen LogP contribution is -2.07. The number of hydrogen-bond donors (Lipinski definition) is 3. The van der Waals surface area contributed by atoms with Crippen molar-refractivity contribution in [2.45, 2.75) is 0 Å². The predicted octanol–water partition coefficient (Wildman–Crippen LogP) is 1.71. The lowest BCUT2D eigenvalue weighted by Gasteiger charge is -2.05. The Bertz CT molecular complexity index is 517. The monoisotopic (exact) mass is 231 g/mol. The van der Waals surface area contributed by atoms with E-state index in [1.54, 1.807) is 30.6 Å². The van der Waals surface area contributed by atoms with Crippen LogP contribution in [0.4, 0.5) is 22.0 Å². The van der Waals surface area contributed by atoms with E-state index in [0.29, 0.717) is 17.2 Å². The Labute approximate surface area is 96.5 Å². The molecule has 0 aliphatic carbocycles. The minimum absolute atomic E-state index is 0.381. The van der Waals surface area contributed by atoms with Crippen LogP contribution in [0, 0.1) is 0 Å². The smallest absolute Gasteiger partial charge is 0.409 e. The summed E-state index contributed by atoms with van der Waals surface area (Å²) in [6.45, 7) is 0. The highest BCUT2D eigenvalue weighted by Gasteiger charge is 2.01. The summed E-state index contributed by atoms with van der Waals surface area (Å²) < 4.78 is 0. The molecule has 0 spiro atoms. The highest BCUT2D eigenvalue weighted by molar-refractivity contribution is 5.83. The van der Waals surface area contributed by atoms with Gasteiger partial charge in [0, 0.05) is 6.20 Å². The minimum atomic E-state index is -1.14. The molecule has 0 aromatic carbocycles. The quantitative estimate of drug-likeness (QED) is 0.743. The average Bonchev–Trinajstić information content (AvgIpc) is 2.30. The van der Waals surface area contributed by atoms with Crippen molar-refractivity contribution >= 4 is 23.3 Å². The molecule has 2 rings (SSSR count). The summed E-state index contributed by atoms with van der Waals surface area (Å²) in [6.07, 6.45) is 3.40. The van der Waals surface area contributed by atoms with Gasteiger partial charge in [-0.05, 0) is 18.2 Å². The molecule has 7 nitrogen and oxygen atoms in total. The van der Waals surface area contributed by atoms with Gasteiger partial charge in [0.2, 0.25) is 0 Å². The summed E-state index contributed by atoms with van der Waals surface area (Å²) in [5.74, 6) is 0.557. The van der Waals surface area contributed by atoms with Crippen LogP contribution >= 0.6 is 0 Å². The molecule has 0 fully saturated rings. The summed E-state index contributed by atoms with van der Waals surface area (Å²) in [5, 5.41) is 21.3. The van der Waals surface area contributed by atoms with Crippen LogP contribution in [0.1, 0.15) is 0 Å². The summed E-state index contributed by atoms with van der Waals surface area (Å²) in [4.78, 5) is 14.4. The van der Waals surface area contributed by atoms with Crippen LogP contribution in [0.25, 0.3) is 0 Å². The number of nitrogens with one attached hydrogen (secondary N) is 2. The summed E-state index contributed by atoms with van der Waals surface area (Å²) in [5.41, 5.74) is 1.00. The number of carbonyl (C=O) groups is 1. The van der Waals surface area contributed by atoms with Crippen molar-refractivity contribution < 1.29 is 9.90 Å². The van der Waals surface area contributed by atoms with E-state index in [1.807, 2.05) is 0 Å². The van der Waals surface area contributed by atoms with Gasteiger partial charge in [0.15, 0.2) is 5.82 Å². The van der Waals surface area contributed by atoms with E-state index in [1.165, 1.54) is 6.20 Å². The van der Waals surface area contributed by atoms with Crippen LogP contribution in [0.5, 0.6) is 0 Å². The van der Waals surface area contributed by atoms with Gasteiger partial charge in [-0.3, -0.25) is 10.3 Å². The van der Waals surface area contributed by atoms with Crippen molar-refractivity contribution in [1.82, 2.24) is 15.2 Å². The van der Waals surface area contributed by atoms with Gasteiger partial charge >= 0.3 is 6.09 Å². The molecule has 86 valence electrons. The number of hydrogen-bond acceptors (Lipinski definition) is 5. The molecule has 0 atom stereocenters. The van der Waals surface area contributed by atoms with Crippen LogP contribution in [0.3, 0.4) is 0 Å². The van der Waals surface area contributed by atoms with Crippen molar-refractivity contribution in [1.29, 1.82) is 0 Å². The molecule has 17 heavy (non-hydrogen) atoms. The first-order chi connectivity index (χ1) is 8.24. The maximum absolute atomic E-state index is 10.5.